The van der Waals surface area contributed by atoms with Gasteiger partial charge in [0, 0.05) is 16.6 Å². The molecule has 6 nitrogen and oxygen atoms in total. The molecule has 0 aliphatic carbocycles. The van der Waals surface area contributed by atoms with Crippen molar-refractivity contribution in [2.24, 2.45) is 0 Å². The van der Waals surface area contributed by atoms with Gasteiger partial charge in [-0.15, -0.1) is 0 Å². The molecule has 0 fully saturated rings. The number of hydrogen-bond donors (Lipinski definition) is 1. The third-order valence-electron chi connectivity index (χ3n) is 2.91. The maximum absolute atomic E-state index is 10.8. The molecule has 0 bridgehead atoms. The summed E-state index contributed by atoms with van der Waals surface area (Å²) in [7, 11) is 0. The molecule has 1 unspecified atom stereocenters. The predicted octanol–water partition coefficient (Wildman–Crippen LogP) is 3.80. The van der Waals surface area contributed by atoms with Crippen molar-refractivity contribution in [2.75, 3.05) is 5.32 Å². The Bertz CT molecular complexity index is 710. The van der Waals surface area contributed by atoms with E-state index in [9.17, 15) is 10.1 Å². The number of hydrogen-bond acceptors (Lipinski definition) is 5. The summed E-state index contributed by atoms with van der Waals surface area (Å²) in [5.74, 6) is 0.424. The van der Waals surface area contributed by atoms with Gasteiger partial charge in [0.15, 0.2) is 0 Å². The monoisotopic (exact) mass is 346 g/mol. The van der Waals surface area contributed by atoms with Crippen LogP contribution < -0.4 is 5.32 Å². The summed E-state index contributed by atoms with van der Waals surface area (Å²) in [6, 6.07) is 12.2. The third kappa shape index (κ3) is 3.55. The zero-order chi connectivity index (χ0) is 15.4. The minimum Gasteiger partial charge on any atom is -0.364 e. The van der Waals surface area contributed by atoms with Crippen LogP contribution in [0.25, 0.3) is 0 Å². The quantitative estimate of drug-likeness (QED) is 0.671. The molecule has 0 spiro atoms. The molecule has 1 aromatic carbocycles. The van der Waals surface area contributed by atoms with E-state index >= 15 is 0 Å². The van der Waals surface area contributed by atoms with Gasteiger partial charge in [0.1, 0.15) is 11.9 Å². The summed E-state index contributed by atoms with van der Waals surface area (Å²) in [6.07, 6.45) is 0. The molecule has 0 radical (unpaired) electrons. The topological polar surface area (TPSA) is 91.9 Å². The maximum Gasteiger partial charge on any atom is 0.305 e. The van der Waals surface area contributed by atoms with E-state index in [0.29, 0.717) is 5.82 Å². The number of aromatic nitrogens is 1. The summed E-state index contributed by atoms with van der Waals surface area (Å²) in [4.78, 5) is 14.1. The third-order valence-corrected chi connectivity index (χ3v) is 3.44. The van der Waals surface area contributed by atoms with E-state index in [4.69, 9.17) is 5.26 Å². The molecule has 0 aliphatic heterocycles. The molecule has 1 heterocycles. The first-order chi connectivity index (χ1) is 10.0. The van der Waals surface area contributed by atoms with Crippen molar-refractivity contribution in [3.05, 3.63) is 62.2 Å². The molecule has 2 aromatic rings. The van der Waals surface area contributed by atoms with Gasteiger partial charge in [-0.05, 0) is 30.7 Å². The van der Waals surface area contributed by atoms with Crippen molar-refractivity contribution in [1.82, 2.24) is 4.98 Å². The fourth-order valence-electron chi connectivity index (χ4n) is 1.82. The average molecular weight is 347 g/mol. The number of nitrogens with one attached hydrogen (secondary N) is 1. The lowest BCUT2D eigenvalue weighted by atomic mass is 10.1. The van der Waals surface area contributed by atoms with Gasteiger partial charge in [0.25, 0.3) is 0 Å². The standard InChI is InChI=1S/C14H11BrN4O2/c1-9(10-2-4-11(15)5-3-10)17-14-7-6-13(19(20)21)12(8-16)18-14/h2-7,9H,1H3,(H,17,18). The van der Waals surface area contributed by atoms with Crippen LogP contribution in [0, 0.1) is 21.4 Å². The van der Waals surface area contributed by atoms with Crippen molar-refractivity contribution < 1.29 is 4.92 Å². The summed E-state index contributed by atoms with van der Waals surface area (Å²) in [5, 5.41) is 22.8. The Morgan fingerprint density at radius 1 is 1.33 bits per heavy atom. The molecule has 21 heavy (non-hydrogen) atoms. The number of nitrogens with zero attached hydrogens (tertiary/aromatic N) is 3. The summed E-state index contributed by atoms with van der Waals surface area (Å²) in [6.45, 7) is 1.94. The van der Waals surface area contributed by atoms with Crippen molar-refractivity contribution >= 4 is 27.4 Å². The number of pyridine rings is 1. The summed E-state index contributed by atoms with van der Waals surface area (Å²) < 4.78 is 0.985. The number of benzene rings is 1. The average Bonchev–Trinajstić information content (AvgIpc) is 2.47. The van der Waals surface area contributed by atoms with Crippen LogP contribution in [0.1, 0.15) is 24.2 Å². The van der Waals surface area contributed by atoms with E-state index in [1.807, 2.05) is 31.2 Å². The Morgan fingerprint density at radius 3 is 2.57 bits per heavy atom. The summed E-state index contributed by atoms with van der Waals surface area (Å²) in [5.41, 5.74) is 0.546. The molecule has 1 aromatic heterocycles. The van der Waals surface area contributed by atoms with Crippen LogP contribution in [0.15, 0.2) is 40.9 Å². The normalized spacial score (nSPS) is 11.5. The minimum atomic E-state index is -0.618. The second-order valence-electron chi connectivity index (χ2n) is 4.35. The van der Waals surface area contributed by atoms with Gasteiger partial charge >= 0.3 is 5.69 Å². The number of rotatable bonds is 4. The van der Waals surface area contributed by atoms with Crippen molar-refractivity contribution in [2.45, 2.75) is 13.0 Å². The van der Waals surface area contributed by atoms with Crippen LogP contribution in [-0.4, -0.2) is 9.91 Å². The molecule has 0 aliphatic rings. The van der Waals surface area contributed by atoms with Crippen LogP contribution in [0.4, 0.5) is 11.5 Å². The molecule has 0 saturated heterocycles. The fraction of sp³-hybridized carbons (Fsp3) is 0.143. The van der Waals surface area contributed by atoms with Crippen LogP contribution in [0.2, 0.25) is 0 Å². The highest BCUT2D eigenvalue weighted by Gasteiger charge is 2.16. The molecule has 7 heteroatoms. The van der Waals surface area contributed by atoms with Gasteiger partial charge in [-0.2, -0.15) is 5.26 Å². The first-order valence-corrected chi connectivity index (χ1v) is 6.88. The first kappa shape index (κ1) is 14.9. The van der Waals surface area contributed by atoms with Gasteiger partial charge in [0.05, 0.1) is 4.92 Å². The molecule has 0 amide bonds. The smallest absolute Gasteiger partial charge is 0.305 e. The Balaban J connectivity index is 2.22. The largest absolute Gasteiger partial charge is 0.364 e. The molecular formula is C14H11BrN4O2. The zero-order valence-corrected chi connectivity index (χ0v) is 12.7. The molecule has 2 rings (SSSR count). The maximum atomic E-state index is 10.8. The molecule has 1 N–H and O–H groups in total. The van der Waals surface area contributed by atoms with Crippen molar-refractivity contribution in [1.29, 1.82) is 5.26 Å². The van der Waals surface area contributed by atoms with E-state index in [-0.39, 0.29) is 17.4 Å². The SMILES string of the molecule is CC(Nc1ccc([N+](=O)[O-])c(C#N)n1)c1ccc(Br)cc1. The predicted molar refractivity (Wildman–Crippen MR) is 81.8 cm³/mol. The number of nitro groups is 1. The van der Waals surface area contributed by atoms with E-state index in [0.717, 1.165) is 10.0 Å². The highest BCUT2D eigenvalue weighted by atomic mass is 79.9. The zero-order valence-electron chi connectivity index (χ0n) is 11.1. The Labute approximate surface area is 129 Å². The van der Waals surface area contributed by atoms with Crippen LogP contribution >= 0.6 is 15.9 Å². The Hall–Kier alpha value is -2.46. The minimum absolute atomic E-state index is 0.0430. The van der Waals surface area contributed by atoms with Gasteiger partial charge in [0.2, 0.25) is 5.69 Å². The van der Waals surface area contributed by atoms with Gasteiger partial charge in [-0.3, -0.25) is 10.1 Å². The molecular weight excluding hydrogens is 336 g/mol. The first-order valence-electron chi connectivity index (χ1n) is 6.09. The van der Waals surface area contributed by atoms with E-state index < -0.39 is 4.92 Å². The number of nitriles is 1. The molecule has 1 atom stereocenters. The highest BCUT2D eigenvalue weighted by Crippen LogP contribution is 2.23. The van der Waals surface area contributed by atoms with E-state index in [1.54, 1.807) is 6.07 Å². The highest BCUT2D eigenvalue weighted by molar-refractivity contribution is 9.10. The van der Waals surface area contributed by atoms with Crippen molar-refractivity contribution in [3.8, 4) is 6.07 Å². The molecule has 0 saturated carbocycles. The van der Waals surface area contributed by atoms with Crippen LogP contribution in [-0.2, 0) is 0 Å². The second-order valence-corrected chi connectivity index (χ2v) is 5.27. The molecule has 106 valence electrons. The Morgan fingerprint density at radius 2 is 2.00 bits per heavy atom. The lowest BCUT2D eigenvalue weighted by Crippen LogP contribution is -2.09. The van der Waals surface area contributed by atoms with Crippen LogP contribution in [0.5, 0.6) is 0 Å². The number of anilines is 1. The second kappa shape index (κ2) is 6.33. The fourth-order valence-corrected chi connectivity index (χ4v) is 2.08. The Kier molecular flexibility index (Phi) is 4.50. The number of halogens is 1. The van der Waals surface area contributed by atoms with Gasteiger partial charge in [-0.25, -0.2) is 4.98 Å². The van der Waals surface area contributed by atoms with E-state index in [1.165, 1.54) is 12.1 Å². The summed E-state index contributed by atoms with van der Waals surface area (Å²) >= 11 is 3.37. The van der Waals surface area contributed by atoms with Gasteiger partial charge in [-0.1, -0.05) is 28.1 Å². The van der Waals surface area contributed by atoms with Gasteiger partial charge < -0.3 is 5.32 Å². The lowest BCUT2D eigenvalue weighted by Gasteiger charge is -2.15. The lowest BCUT2D eigenvalue weighted by molar-refractivity contribution is -0.385. The van der Waals surface area contributed by atoms with Crippen molar-refractivity contribution in [3.63, 3.8) is 0 Å². The van der Waals surface area contributed by atoms with Crippen LogP contribution in [0.3, 0.4) is 0 Å². The van der Waals surface area contributed by atoms with E-state index in [2.05, 4.69) is 26.2 Å².